The van der Waals surface area contributed by atoms with Crippen LogP contribution in [-0.2, 0) is 6.54 Å². The number of hydrogen-bond donors (Lipinski definition) is 0. The number of anilines is 1. The van der Waals surface area contributed by atoms with E-state index in [9.17, 15) is 0 Å². The normalized spacial score (nSPS) is 15.9. The van der Waals surface area contributed by atoms with Crippen LogP contribution in [0.5, 0.6) is 0 Å². The Morgan fingerprint density at radius 2 is 2.24 bits per heavy atom. The van der Waals surface area contributed by atoms with Crippen molar-refractivity contribution >= 4 is 5.82 Å². The molecule has 0 N–H and O–H groups in total. The molecule has 1 saturated heterocycles. The maximum atomic E-state index is 4.40. The average Bonchev–Trinajstić information content (AvgIpc) is 2.75. The van der Waals surface area contributed by atoms with Crippen molar-refractivity contribution in [3.63, 3.8) is 0 Å². The number of aryl methyl sites for hydroxylation is 1. The number of hydrogen-bond acceptors (Lipinski definition) is 3. The van der Waals surface area contributed by atoms with E-state index < -0.39 is 0 Å². The lowest BCUT2D eigenvalue weighted by atomic mass is 10.00. The summed E-state index contributed by atoms with van der Waals surface area (Å²) in [5.41, 5.74) is 1.27. The van der Waals surface area contributed by atoms with Gasteiger partial charge in [-0.15, -0.1) is 0 Å². The van der Waals surface area contributed by atoms with Gasteiger partial charge in [-0.25, -0.2) is 9.97 Å². The molecule has 0 unspecified atom stereocenters. The van der Waals surface area contributed by atoms with Crippen molar-refractivity contribution in [2.75, 3.05) is 18.0 Å². The fraction of sp³-hybridized carbons (Fsp3) is 0.385. The third-order valence-electron chi connectivity index (χ3n) is 3.21. The van der Waals surface area contributed by atoms with Crippen molar-refractivity contribution in [1.29, 1.82) is 0 Å². The third-order valence-corrected chi connectivity index (χ3v) is 3.21. The van der Waals surface area contributed by atoms with Gasteiger partial charge in [-0.3, -0.25) is 0 Å². The lowest BCUT2D eigenvalue weighted by Crippen LogP contribution is -2.48. The maximum Gasteiger partial charge on any atom is 0.128 e. The molecule has 0 radical (unpaired) electrons. The van der Waals surface area contributed by atoms with Gasteiger partial charge in [-0.2, -0.15) is 0 Å². The van der Waals surface area contributed by atoms with E-state index in [4.69, 9.17) is 0 Å². The zero-order chi connectivity index (χ0) is 11.7. The minimum Gasteiger partial charge on any atom is -0.356 e. The molecule has 1 aliphatic rings. The molecule has 0 saturated carbocycles. The molecule has 0 atom stereocenters. The molecule has 2 aromatic heterocycles. The lowest BCUT2D eigenvalue weighted by molar-refractivity contribution is 0.355. The second-order valence-electron chi connectivity index (χ2n) is 4.72. The Kier molecular flexibility index (Phi) is 2.55. The van der Waals surface area contributed by atoms with Gasteiger partial charge >= 0.3 is 0 Å². The van der Waals surface area contributed by atoms with Crippen molar-refractivity contribution in [3.05, 3.63) is 42.6 Å². The first kappa shape index (κ1) is 10.3. The molecule has 17 heavy (non-hydrogen) atoms. The number of imidazole rings is 1. The summed E-state index contributed by atoms with van der Waals surface area (Å²) in [6.45, 7) is 5.35. The monoisotopic (exact) mass is 228 g/mol. The summed E-state index contributed by atoms with van der Waals surface area (Å²) in [4.78, 5) is 10.8. The third kappa shape index (κ3) is 2.16. The summed E-state index contributed by atoms with van der Waals surface area (Å²) < 4.78 is 2.14. The van der Waals surface area contributed by atoms with Gasteiger partial charge in [0.05, 0.1) is 6.33 Å². The molecule has 1 aliphatic heterocycles. The van der Waals surface area contributed by atoms with Gasteiger partial charge < -0.3 is 9.47 Å². The molecule has 3 heterocycles. The van der Waals surface area contributed by atoms with Crippen LogP contribution in [0.15, 0.2) is 37.1 Å². The summed E-state index contributed by atoms with van der Waals surface area (Å²) >= 11 is 0. The van der Waals surface area contributed by atoms with Gasteiger partial charge in [0.15, 0.2) is 0 Å². The van der Waals surface area contributed by atoms with Crippen LogP contribution in [0, 0.1) is 12.8 Å². The highest BCUT2D eigenvalue weighted by Gasteiger charge is 2.27. The topological polar surface area (TPSA) is 34.0 Å². The number of pyridine rings is 1. The highest BCUT2D eigenvalue weighted by Crippen LogP contribution is 2.24. The molecule has 0 aromatic carbocycles. The Morgan fingerprint density at radius 3 is 2.94 bits per heavy atom. The quantitative estimate of drug-likeness (QED) is 0.802. The van der Waals surface area contributed by atoms with Crippen LogP contribution < -0.4 is 4.90 Å². The summed E-state index contributed by atoms with van der Waals surface area (Å²) in [6, 6.07) is 4.18. The minimum absolute atomic E-state index is 0.714. The minimum atomic E-state index is 0.714. The summed E-state index contributed by atoms with van der Waals surface area (Å²) in [5, 5.41) is 0. The zero-order valence-corrected chi connectivity index (χ0v) is 9.95. The molecule has 0 spiro atoms. The highest BCUT2D eigenvalue weighted by molar-refractivity contribution is 5.43. The van der Waals surface area contributed by atoms with E-state index >= 15 is 0 Å². The molecule has 4 heteroatoms. The fourth-order valence-corrected chi connectivity index (χ4v) is 2.26. The van der Waals surface area contributed by atoms with E-state index in [-0.39, 0.29) is 0 Å². The summed E-state index contributed by atoms with van der Waals surface area (Å²) in [6.07, 6.45) is 7.62. The van der Waals surface area contributed by atoms with Crippen LogP contribution in [-0.4, -0.2) is 27.6 Å². The van der Waals surface area contributed by atoms with Gasteiger partial charge in [0.1, 0.15) is 5.82 Å². The second kappa shape index (κ2) is 4.20. The van der Waals surface area contributed by atoms with Crippen LogP contribution in [0.2, 0.25) is 0 Å². The number of aromatic nitrogens is 3. The van der Waals surface area contributed by atoms with Crippen molar-refractivity contribution in [3.8, 4) is 0 Å². The van der Waals surface area contributed by atoms with Gasteiger partial charge in [-0.1, -0.05) is 0 Å². The molecule has 1 fully saturated rings. The van der Waals surface area contributed by atoms with E-state index in [0.29, 0.717) is 5.92 Å². The van der Waals surface area contributed by atoms with E-state index in [1.165, 1.54) is 5.56 Å². The van der Waals surface area contributed by atoms with Crippen LogP contribution in [0.25, 0.3) is 0 Å². The van der Waals surface area contributed by atoms with Gasteiger partial charge in [0.25, 0.3) is 0 Å². The summed E-state index contributed by atoms with van der Waals surface area (Å²) in [5.74, 6) is 1.82. The molecule has 2 aromatic rings. The first-order valence-corrected chi connectivity index (χ1v) is 5.94. The van der Waals surface area contributed by atoms with Crippen molar-refractivity contribution in [2.45, 2.75) is 13.5 Å². The Labute approximate surface area is 101 Å². The van der Waals surface area contributed by atoms with E-state index in [2.05, 4.69) is 32.4 Å². The number of rotatable bonds is 3. The van der Waals surface area contributed by atoms with Crippen LogP contribution >= 0.6 is 0 Å². The van der Waals surface area contributed by atoms with Crippen molar-refractivity contribution < 1.29 is 0 Å². The molecule has 4 nitrogen and oxygen atoms in total. The number of nitrogens with zero attached hydrogens (tertiary/aromatic N) is 4. The molecule has 88 valence electrons. The smallest absolute Gasteiger partial charge is 0.128 e. The van der Waals surface area contributed by atoms with Crippen LogP contribution in [0.3, 0.4) is 0 Å². The van der Waals surface area contributed by atoms with Crippen molar-refractivity contribution in [1.82, 2.24) is 14.5 Å². The maximum absolute atomic E-state index is 4.40. The Bertz CT molecular complexity index is 486. The molecule has 0 amide bonds. The van der Waals surface area contributed by atoms with Crippen molar-refractivity contribution in [2.24, 2.45) is 5.92 Å². The zero-order valence-electron chi connectivity index (χ0n) is 9.95. The lowest BCUT2D eigenvalue weighted by Gasteiger charge is -2.40. The predicted octanol–water partition coefficient (Wildman–Crippen LogP) is 1.72. The first-order chi connectivity index (χ1) is 8.31. The molecular formula is C13H16N4. The fourth-order valence-electron chi connectivity index (χ4n) is 2.26. The van der Waals surface area contributed by atoms with Crippen LogP contribution in [0.1, 0.15) is 5.56 Å². The molecular weight excluding hydrogens is 212 g/mol. The highest BCUT2D eigenvalue weighted by atomic mass is 15.2. The summed E-state index contributed by atoms with van der Waals surface area (Å²) in [7, 11) is 0. The predicted molar refractivity (Wildman–Crippen MR) is 66.9 cm³/mol. The second-order valence-corrected chi connectivity index (χ2v) is 4.72. The Balaban J connectivity index is 1.58. The van der Waals surface area contributed by atoms with Gasteiger partial charge in [-0.05, 0) is 24.6 Å². The molecule has 0 bridgehead atoms. The Morgan fingerprint density at radius 1 is 1.35 bits per heavy atom. The largest absolute Gasteiger partial charge is 0.356 e. The first-order valence-electron chi connectivity index (χ1n) is 5.94. The van der Waals surface area contributed by atoms with E-state index in [1.807, 2.05) is 31.0 Å². The van der Waals surface area contributed by atoms with E-state index in [0.717, 1.165) is 25.5 Å². The Hall–Kier alpha value is -1.84. The molecule has 0 aliphatic carbocycles. The SMILES string of the molecule is Cc1ccnc(N2CC(Cn3ccnc3)C2)c1. The van der Waals surface area contributed by atoms with Gasteiger partial charge in [0, 0.05) is 44.1 Å². The average molecular weight is 228 g/mol. The van der Waals surface area contributed by atoms with E-state index in [1.54, 1.807) is 0 Å². The standard InChI is InChI=1S/C13H16N4/c1-11-2-3-15-13(6-11)17-8-12(9-17)7-16-5-4-14-10-16/h2-6,10,12H,7-9H2,1H3. The molecule has 3 rings (SSSR count). The van der Waals surface area contributed by atoms with Gasteiger partial charge in [0.2, 0.25) is 0 Å². The van der Waals surface area contributed by atoms with Crippen LogP contribution in [0.4, 0.5) is 5.82 Å².